The van der Waals surface area contributed by atoms with Crippen molar-refractivity contribution in [3.05, 3.63) is 182 Å². The molecule has 0 aliphatic carbocycles. The summed E-state index contributed by atoms with van der Waals surface area (Å²) in [5.41, 5.74) is 9.32. The second-order valence-corrected chi connectivity index (χ2v) is 13.7. The first-order valence-corrected chi connectivity index (χ1v) is 17.5. The van der Waals surface area contributed by atoms with Crippen LogP contribution in [0.3, 0.4) is 0 Å². The predicted octanol–water partition coefficient (Wildman–Crippen LogP) is 13.4. The van der Waals surface area contributed by atoms with Crippen LogP contribution in [0.5, 0.6) is 0 Å². The van der Waals surface area contributed by atoms with E-state index in [1.54, 1.807) is 0 Å². The van der Waals surface area contributed by atoms with Crippen molar-refractivity contribution >= 4 is 81.1 Å². The van der Waals surface area contributed by atoms with E-state index in [0.29, 0.717) is 0 Å². The first kappa shape index (κ1) is 27.9. The number of benzene rings is 8. The molecule has 0 atom stereocenters. The van der Waals surface area contributed by atoms with Crippen LogP contribution >= 0.6 is 11.3 Å². The highest BCUT2D eigenvalue weighted by atomic mass is 32.1. The summed E-state index contributed by atoms with van der Waals surface area (Å²) in [4.78, 5) is 2.36. The predicted molar refractivity (Wildman–Crippen MR) is 211 cm³/mol. The van der Waals surface area contributed by atoms with Crippen molar-refractivity contribution in [2.75, 3.05) is 4.90 Å². The Morgan fingerprint density at radius 1 is 0.388 bits per heavy atom. The third-order valence-electron chi connectivity index (χ3n) is 9.76. The second kappa shape index (κ2) is 11.2. The van der Waals surface area contributed by atoms with E-state index in [4.69, 9.17) is 0 Å². The summed E-state index contributed by atoms with van der Waals surface area (Å²) in [5.74, 6) is 0. The summed E-state index contributed by atoms with van der Waals surface area (Å²) < 4.78 is 5.06. The van der Waals surface area contributed by atoms with E-state index in [1.165, 1.54) is 63.9 Å². The smallest absolute Gasteiger partial charge is 0.0561 e. The van der Waals surface area contributed by atoms with E-state index in [1.807, 2.05) is 11.3 Å². The summed E-state index contributed by atoms with van der Waals surface area (Å²) in [6.07, 6.45) is 0. The Balaban J connectivity index is 1.09. The lowest BCUT2D eigenvalue weighted by molar-refractivity contribution is 1.18. The van der Waals surface area contributed by atoms with Crippen LogP contribution in [0.25, 0.3) is 69.6 Å². The zero-order chi connectivity index (χ0) is 32.3. The van der Waals surface area contributed by atoms with Crippen LogP contribution in [0.2, 0.25) is 0 Å². The fraction of sp³-hybridized carbons (Fsp3) is 0. The lowest BCUT2D eigenvalue weighted by Gasteiger charge is -2.26. The Labute approximate surface area is 288 Å². The summed E-state index contributed by atoms with van der Waals surface area (Å²) in [5, 5.41) is 7.79. The van der Waals surface area contributed by atoms with Crippen LogP contribution in [0.1, 0.15) is 0 Å². The highest BCUT2D eigenvalue weighted by molar-refractivity contribution is 7.26. The minimum atomic E-state index is 1.11. The van der Waals surface area contributed by atoms with Crippen LogP contribution in [0.15, 0.2) is 182 Å². The van der Waals surface area contributed by atoms with Gasteiger partial charge in [0.25, 0.3) is 0 Å². The van der Waals surface area contributed by atoms with Crippen LogP contribution in [0, 0.1) is 0 Å². The lowest BCUT2D eigenvalue weighted by Crippen LogP contribution is -2.10. The zero-order valence-electron chi connectivity index (χ0n) is 26.6. The Bertz CT molecular complexity index is 2810. The van der Waals surface area contributed by atoms with Gasteiger partial charge >= 0.3 is 0 Å². The van der Waals surface area contributed by atoms with Crippen LogP contribution in [-0.2, 0) is 0 Å². The lowest BCUT2D eigenvalue weighted by atomic mass is 9.98. The molecule has 0 fully saturated rings. The van der Waals surface area contributed by atoms with Gasteiger partial charge in [0, 0.05) is 53.7 Å². The van der Waals surface area contributed by atoms with E-state index in [9.17, 15) is 0 Å². The Kier molecular flexibility index (Phi) is 6.39. The van der Waals surface area contributed by atoms with E-state index < -0.39 is 0 Å². The zero-order valence-corrected chi connectivity index (χ0v) is 27.4. The molecular weight excluding hydrogens is 613 g/mol. The maximum Gasteiger partial charge on any atom is 0.0561 e. The number of hydrogen-bond acceptors (Lipinski definition) is 2. The van der Waals surface area contributed by atoms with Gasteiger partial charge in [-0.3, -0.25) is 0 Å². The molecule has 0 unspecified atom stereocenters. The van der Waals surface area contributed by atoms with Crippen molar-refractivity contribution in [1.29, 1.82) is 0 Å². The quantitative estimate of drug-likeness (QED) is 0.181. The molecule has 0 saturated carbocycles. The first-order valence-electron chi connectivity index (χ1n) is 16.7. The van der Waals surface area contributed by atoms with Crippen molar-refractivity contribution in [1.82, 2.24) is 4.57 Å². The van der Waals surface area contributed by atoms with Gasteiger partial charge < -0.3 is 9.47 Å². The van der Waals surface area contributed by atoms with Gasteiger partial charge in [0.1, 0.15) is 0 Å². The molecule has 2 aromatic heterocycles. The average Bonchev–Trinajstić information content (AvgIpc) is 3.72. The highest BCUT2D eigenvalue weighted by Crippen LogP contribution is 2.42. The van der Waals surface area contributed by atoms with Crippen molar-refractivity contribution in [2.24, 2.45) is 0 Å². The summed E-state index contributed by atoms with van der Waals surface area (Å²) in [6, 6.07) is 66.1. The average molecular weight is 643 g/mol. The molecule has 230 valence electrons. The number of anilines is 3. The molecule has 0 aliphatic rings. The summed E-state index contributed by atoms with van der Waals surface area (Å²) >= 11 is 1.87. The number of para-hydroxylation sites is 3. The van der Waals surface area contributed by atoms with Gasteiger partial charge in [-0.15, -0.1) is 11.3 Å². The molecule has 0 N–H and O–H groups in total. The normalized spacial score (nSPS) is 11.7. The van der Waals surface area contributed by atoms with Crippen LogP contribution < -0.4 is 4.90 Å². The summed E-state index contributed by atoms with van der Waals surface area (Å²) in [7, 11) is 0. The van der Waals surface area contributed by atoms with Crippen molar-refractivity contribution in [2.45, 2.75) is 0 Å². The molecule has 3 heteroatoms. The van der Waals surface area contributed by atoms with Gasteiger partial charge in [0.2, 0.25) is 0 Å². The fourth-order valence-electron chi connectivity index (χ4n) is 7.51. The molecular formula is C46H30N2S. The van der Waals surface area contributed by atoms with Crippen molar-refractivity contribution in [3.63, 3.8) is 0 Å². The molecule has 2 heterocycles. The number of fused-ring (bicyclic) bond motifs is 8. The van der Waals surface area contributed by atoms with E-state index in [2.05, 4.69) is 191 Å². The molecule has 49 heavy (non-hydrogen) atoms. The Hall–Kier alpha value is -6.16. The molecule has 0 bridgehead atoms. The second-order valence-electron chi connectivity index (χ2n) is 12.6. The molecule has 0 radical (unpaired) electrons. The Morgan fingerprint density at radius 3 is 1.86 bits per heavy atom. The minimum Gasteiger partial charge on any atom is -0.310 e. The van der Waals surface area contributed by atoms with Gasteiger partial charge in [0.05, 0.1) is 11.0 Å². The topological polar surface area (TPSA) is 8.17 Å². The molecule has 0 spiro atoms. The van der Waals surface area contributed by atoms with E-state index in [0.717, 1.165) is 22.7 Å². The SMILES string of the molecule is c1ccc(N(c2ccc(-c3ccc4c(ccc5sc6ccccc6c54)c3)cc2)c2ccc3c4ccccc4n(-c4ccccc4)c3c2)cc1. The monoisotopic (exact) mass is 642 g/mol. The number of rotatable bonds is 5. The van der Waals surface area contributed by atoms with Crippen molar-refractivity contribution < 1.29 is 0 Å². The van der Waals surface area contributed by atoms with Gasteiger partial charge in [-0.25, -0.2) is 0 Å². The number of hydrogen-bond donors (Lipinski definition) is 0. The van der Waals surface area contributed by atoms with Gasteiger partial charge in [-0.05, 0) is 94.7 Å². The first-order chi connectivity index (χ1) is 24.3. The highest BCUT2D eigenvalue weighted by Gasteiger charge is 2.18. The maximum atomic E-state index is 2.38. The fourth-order valence-corrected chi connectivity index (χ4v) is 8.64. The molecule has 0 aliphatic heterocycles. The third-order valence-corrected chi connectivity index (χ3v) is 10.9. The van der Waals surface area contributed by atoms with Gasteiger partial charge in [-0.2, -0.15) is 0 Å². The van der Waals surface area contributed by atoms with E-state index >= 15 is 0 Å². The number of aromatic nitrogens is 1. The standard InChI is InChI=1S/C46H30N2S/c1-3-11-34(12-4-1)47(37-25-27-40-39-15-7-9-17-42(39)48(43(40)30-37)35-13-5-2-6-14-35)36-23-19-31(20-24-36)32-21-26-38-33(29-32)22-28-45-46(38)41-16-8-10-18-44(41)49-45/h1-30H. The number of thiophene rings is 1. The number of nitrogens with zero attached hydrogens (tertiary/aromatic N) is 2. The largest absolute Gasteiger partial charge is 0.310 e. The molecule has 8 aromatic carbocycles. The third kappa shape index (κ3) is 4.55. The van der Waals surface area contributed by atoms with Crippen LogP contribution in [-0.4, -0.2) is 4.57 Å². The van der Waals surface area contributed by atoms with Gasteiger partial charge in [0.15, 0.2) is 0 Å². The molecule has 10 aromatic rings. The van der Waals surface area contributed by atoms with Gasteiger partial charge in [-0.1, -0.05) is 109 Å². The molecule has 10 rings (SSSR count). The van der Waals surface area contributed by atoms with Crippen molar-refractivity contribution in [3.8, 4) is 16.8 Å². The molecule has 0 amide bonds. The van der Waals surface area contributed by atoms with Crippen LogP contribution in [0.4, 0.5) is 17.1 Å². The Morgan fingerprint density at radius 2 is 1.02 bits per heavy atom. The van der Waals surface area contributed by atoms with E-state index in [-0.39, 0.29) is 0 Å². The molecule has 0 saturated heterocycles. The maximum absolute atomic E-state index is 2.38. The minimum absolute atomic E-state index is 1.11. The molecule has 2 nitrogen and oxygen atoms in total. The summed E-state index contributed by atoms with van der Waals surface area (Å²) in [6.45, 7) is 0.